The molecule has 1 saturated heterocycles. The van der Waals surface area contributed by atoms with Gasteiger partial charge in [0.1, 0.15) is 0 Å². The largest absolute Gasteiger partial charge is 0.322 e. The molecule has 1 fully saturated rings. The number of halogens is 2. The van der Waals surface area contributed by atoms with Gasteiger partial charge in [0.15, 0.2) is 0 Å². The maximum atomic E-state index is 12.1. The van der Waals surface area contributed by atoms with E-state index >= 15 is 0 Å². The van der Waals surface area contributed by atoms with E-state index in [9.17, 15) is 4.79 Å². The summed E-state index contributed by atoms with van der Waals surface area (Å²) in [7, 11) is 1.98. The fraction of sp³-hybridized carbons (Fsp3) is 0.500. The Kier molecular flexibility index (Phi) is 5.66. The molecule has 1 aliphatic rings. The predicted octanol–water partition coefficient (Wildman–Crippen LogP) is 2.62. The highest BCUT2D eigenvalue weighted by Gasteiger charge is 2.20. The van der Waals surface area contributed by atoms with Crippen molar-refractivity contribution in [3.05, 3.63) is 28.2 Å². The molecule has 0 bridgehead atoms. The summed E-state index contributed by atoms with van der Waals surface area (Å²) < 4.78 is 0. The number of anilines is 1. The number of benzene rings is 1. The first-order valence-electron chi connectivity index (χ1n) is 6.73. The number of carbonyl (C=O) groups excluding carboxylic acids is 1. The molecule has 20 heavy (non-hydrogen) atoms. The van der Waals surface area contributed by atoms with Gasteiger partial charge in [-0.1, -0.05) is 29.3 Å². The molecule has 0 saturated carbocycles. The zero-order valence-electron chi connectivity index (χ0n) is 11.5. The van der Waals surface area contributed by atoms with Crippen molar-refractivity contribution < 1.29 is 4.79 Å². The van der Waals surface area contributed by atoms with E-state index in [1.54, 1.807) is 18.2 Å². The van der Waals surface area contributed by atoms with Crippen LogP contribution in [0.1, 0.15) is 12.8 Å². The van der Waals surface area contributed by atoms with Gasteiger partial charge < -0.3 is 10.6 Å². The van der Waals surface area contributed by atoms with Crippen molar-refractivity contribution in [2.75, 3.05) is 32.0 Å². The molecule has 0 spiro atoms. The molecule has 0 aromatic heterocycles. The van der Waals surface area contributed by atoms with Crippen LogP contribution in [-0.2, 0) is 4.79 Å². The topological polar surface area (TPSA) is 44.4 Å². The summed E-state index contributed by atoms with van der Waals surface area (Å²) in [5.41, 5.74) is 0.492. The third kappa shape index (κ3) is 4.09. The van der Waals surface area contributed by atoms with Gasteiger partial charge in [0.05, 0.1) is 22.3 Å². The second-order valence-corrected chi connectivity index (χ2v) is 5.80. The van der Waals surface area contributed by atoms with Crippen LogP contribution in [-0.4, -0.2) is 43.5 Å². The van der Waals surface area contributed by atoms with Crippen molar-refractivity contribution in [2.45, 2.75) is 18.9 Å². The van der Waals surface area contributed by atoms with Gasteiger partial charge in [-0.25, -0.2) is 0 Å². The third-order valence-corrected chi connectivity index (χ3v) is 4.22. The first kappa shape index (κ1) is 15.6. The molecule has 2 rings (SSSR count). The zero-order chi connectivity index (χ0) is 14.5. The summed E-state index contributed by atoms with van der Waals surface area (Å²) >= 11 is 12.1. The molecule has 4 nitrogen and oxygen atoms in total. The lowest BCUT2D eigenvalue weighted by atomic mass is 10.1. The number of para-hydroxylation sites is 1. The summed E-state index contributed by atoms with van der Waals surface area (Å²) in [6, 6.07) is 5.73. The third-order valence-electron chi connectivity index (χ3n) is 3.59. The van der Waals surface area contributed by atoms with Crippen LogP contribution in [0.25, 0.3) is 0 Å². The standard InChI is InChI=1S/C14H19Cl2N3O/c1-17-10-5-7-19(8-6-10)9-13(20)18-14-11(15)3-2-4-12(14)16/h2-4,10,17H,5-9H2,1H3,(H,18,20). The Morgan fingerprint density at radius 1 is 1.30 bits per heavy atom. The van der Waals surface area contributed by atoms with Gasteiger partial charge in [-0.05, 0) is 32.0 Å². The number of likely N-dealkylation sites (tertiary alicyclic amines) is 1. The predicted molar refractivity (Wildman–Crippen MR) is 83.6 cm³/mol. The lowest BCUT2D eigenvalue weighted by Gasteiger charge is -2.31. The van der Waals surface area contributed by atoms with Crippen LogP contribution in [0.15, 0.2) is 18.2 Å². The maximum absolute atomic E-state index is 12.1. The maximum Gasteiger partial charge on any atom is 0.238 e. The van der Waals surface area contributed by atoms with Gasteiger partial charge >= 0.3 is 0 Å². The second-order valence-electron chi connectivity index (χ2n) is 4.98. The van der Waals surface area contributed by atoms with Crippen LogP contribution in [0.4, 0.5) is 5.69 Å². The Balaban J connectivity index is 1.87. The van der Waals surface area contributed by atoms with E-state index in [0.717, 1.165) is 25.9 Å². The molecule has 1 aromatic rings. The van der Waals surface area contributed by atoms with Crippen molar-refractivity contribution in [2.24, 2.45) is 0 Å². The number of hydrogen-bond donors (Lipinski definition) is 2. The first-order valence-corrected chi connectivity index (χ1v) is 7.49. The zero-order valence-corrected chi connectivity index (χ0v) is 13.0. The molecule has 1 aromatic carbocycles. The molecule has 1 heterocycles. The molecular formula is C14H19Cl2N3O. The van der Waals surface area contributed by atoms with Crippen LogP contribution < -0.4 is 10.6 Å². The number of carbonyl (C=O) groups is 1. The Hall–Kier alpha value is -0.810. The molecule has 0 radical (unpaired) electrons. The number of hydrogen-bond acceptors (Lipinski definition) is 3. The van der Waals surface area contributed by atoms with E-state index < -0.39 is 0 Å². The van der Waals surface area contributed by atoms with Crippen LogP contribution >= 0.6 is 23.2 Å². The van der Waals surface area contributed by atoms with Crippen LogP contribution in [0.3, 0.4) is 0 Å². The fourth-order valence-electron chi connectivity index (χ4n) is 2.38. The average Bonchev–Trinajstić information content (AvgIpc) is 2.44. The number of nitrogens with one attached hydrogen (secondary N) is 2. The minimum atomic E-state index is -0.0806. The smallest absolute Gasteiger partial charge is 0.238 e. The van der Waals surface area contributed by atoms with Crippen molar-refractivity contribution in [3.8, 4) is 0 Å². The Morgan fingerprint density at radius 3 is 2.45 bits per heavy atom. The summed E-state index contributed by atoms with van der Waals surface area (Å²) in [6.07, 6.45) is 2.13. The highest BCUT2D eigenvalue weighted by atomic mass is 35.5. The molecule has 0 unspecified atom stereocenters. The van der Waals surface area contributed by atoms with E-state index in [0.29, 0.717) is 28.3 Å². The molecule has 1 amide bonds. The molecule has 110 valence electrons. The summed E-state index contributed by atoms with van der Waals surface area (Å²) in [5, 5.41) is 6.98. The van der Waals surface area contributed by atoms with Crippen molar-refractivity contribution >= 4 is 34.8 Å². The van der Waals surface area contributed by atoms with Gasteiger partial charge in [-0.3, -0.25) is 9.69 Å². The van der Waals surface area contributed by atoms with Crippen molar-refractivity contribution in [1.82, 2.24) is 10.2 Å². The minimum Gasteiger partial charge on any atom is -0.322 e. The lowest BCUT2D eigenvalue weighted by molar-refractivity contribution is -0.117. The van der Waals surface area contributed by atoms with E-state index in [4.69, 9.17) is 23.2 Å². The number of nitrogens with zero attached hydrogens (tertiary/aromatic N) is 1. The lowest BCUT2D eigenvalue weighted by Crippen LogP contribution is -2.44. The normalized spacial score (nSPS) is 17.1. The molecule has 0 atom stereocenters. The molecule has 2 N–H and O–H groups in total. The molecule has 1 aliphatic heterocycles. The van der Waals surface area contributed by atoms with E-state index in [-0.39, 0.29) is 5.91 Å². The van der Waals surface area contributed by atoms with Crippen molar-refractivity contribution in [3.63, 3.8) is 0 Å². The highest BCUT2D eigenvalue weighted by molar-refractivity contribution is 6.39. The van der Waals surface area contributed by atoms with Gasteiger partial charge in [0.25, 0.3) is 0 Å². The van der Waals surface area contributed by atoms with E-state index in [1.165, 1.54) is 0 Å². The summed E-state index contributed by atoms with van der Waals surface area (Å²) in [5.74, 6) is -0.0806. The Bertz CT molecular complexity index is 453. The summed E-state index contributed by atoms with van der Waals surface area (Å²) in [6.45, 7) is 2.22. The molecule has 6 heteroatoms. The SMILES string of the molecule is CNC1CCN(CC(=O)Nc2c(Cl)cccc2Cl)CC1. The number of rotatable bonds is 4. The highest BCUT2D eigenvalue weighted by Crippen LogP contribution is 2.29. The number of piperidine rings is 1. The minimum absolute atomic E-state index is 0.0806. The van der Waals surface area contributed by atoms with Crippen LogP contribution in [0, 0.1) is 0 Å². The van der Waals surface area contributed by atoms with Gasteiger partial charge in [0, 0.05) is 19.1 Å². The van der Waals surface area contributed by atoms with Crippen molar-refractivity contribution in [1.29, 1.82) is 0 Å². The first-order chi connectivity index (χ1) is 9.60. The monoisotopic (exact) mass is 315 g/mol. The second kappa shape index (κ2) is 7.27. The quantitative estimate of drug-likeness (QED) is 0.897. The average molecular weight is 316 g/mol. The fourth-order valence-corrected chi connectivity index (χ4v) is 2.87. The Labute approximate surface area is 129 Å². The summed E-state index contributed by atoms with van der Waals surface area (Å²) in [4.78, 5) is 14.2. The van der Waals surface area contributed by atoms with Crippen LogP contribution in [0.5, 0.6) is 0 Å². The van der Waals surface area contributed by atoms with Crippen LogP contribution in [0.2, 0.25) is 10.0 Å². The van der Waals surface area contributed by atoms with E-state index in [1.807, 2.05) is 7.05 Å². The van der Waals surface area contributed by atoms with Gasteiger partial charge in [-0.15, -0.1) is 0 Å². The van der Waals surface area contributed by atoms with Gasteiger partial charge in [-0.2, -0.15) is 0 Å². The van der Waals surface area contributed by atoms with Gasteiger partial charge in [0.2, 0.25) is 5.91 Å². The Morgan fingerprint density at radius 2 is 1.90 bits per heavy atom. The molecular weight excluding hydrogens is 297 g/mol. The number of amides is 1. The van der Waals surface area contributed by atoms with E-state index in [2.05, 4.69) is 15.5 Å². The molecule has 0 aliphatic carbocycles.